The van der Waals surface area contributed by atoms with Crippen molar-refractivity contribution < 1.29 is 13.9 Å². The number of ether oxygens (including phenoxy) is 2. The monoisotopic (exact) mass is 183 g/mol. The molecule has 1 unspecified atom stereocenters. The van der Waals surface area contributed by atoms with Crippen LogP contribution in [0.3, 0.4) is 0 Å². The first-order valence-corrected chi connectivity index (χ1v) is 3.99. The molecule has 1 atom stereocenters. The summed E-state index contributed by atoms with van der Waals surface area (Å²) in [4.78, 5) is 0. The molecule has 0 saturated heterocycles. The molecule has 0 fully saturated rings. The van der Waals surface area contributed by atoms with E-state index in [1.807, 2.05) is 0 Å². The highest BCUT2D eigenvalue weighted by atomic mass is 19.1. The third-order valence-electron chi connectivity index (χ3n) is 2.10. The van der Waals surface area contributed by atoms with Gasteiger partial charge in [0, 0.05) is 0 Å². The maximum atomic E-state index is 13.2. The molecule has 2 N–H and O–H groups in total. The molecular weight excluding hydrogens is 173 g/mol. The maximum Gasteiger partial charge on any atom is 0.169 e. The molecule has 0 aliphatic carbocycles. The summed E-state index contributed by atoms with van der Waals surface area (Å²) in [5.41, 5.74) is 6.07. The molecule has 4 heteroatoms. The fraction of sp³-hybridized carbons (Fsp3) is 0.333. The summed E-state index contributed by atoms with van der Waals surface area (Å²) < 4.78 is 23.5. The number of methoxy groups -OCH3 is 1. The maximum absolute atomic E-state index is 13.2. The van der Waals surface area contributed by atoms with Crippen LogP contribution in [0.1, 0.15) is 11.6 Å². The highest BCUT2D eigenvalue weighted by molar-refractivity contribution is 5.51. The van der Waals surface area contributed by atoms with Crippen LogP contribution in [0.2, 0.25) is 0 Å². The van der Waals surface area contributed by atoms with E-state index in [1.165, 1.54) is 19.2 Å². The summed E-state index contributed by atoms with van der Waals surface area (Å²) in [6.45, 7) is 0.312. The smallest absolute Gasteiger partial charge is 0.169 e. The number of fused-ring (bicyclic) bond motifs is 1. The van der Waals surface area contributed by atoms with E-state index in [-0.39, 0.29) is 11.9 Å². The Morgan fingerprint density at radius 1 is 1.62 bits per heavy atom. The quantitative estimate of drug-likeness (QED) is 0.712. The van der Waals surface area contributed by atoms with E-state index in [2.05, 4.69) is 0 Å². The van der Waals surface area contributed by atoms with Crippen LogP contribution in [0.5, 0.6) is 11.5 Å². The van der Waals surface area contributed by atoms with Gasteiger partial charge in [0.05, 0.1) is 18.7 Å². The zero-order valence-corrected chi connectivity index (χ0v) is 7.21. The molecule has 1 heterocycles. The SMILES string of the molecule is COc1ccc(F)c2c1OCC2N. The summed E-state index contributed by atoms with van der Waals surface area (Å²) in [5.74, 6) is 0.639. The van der Waals surface area contributed by atoms with Gasteiger partial charge < -0.3 is 15.2 Å². The molecule has 0 spiro atoms. The Morgan fingerprint density at radius 3 is 3.08 bits per heavy atom. The van der Waals surface area contributed by atoms with Crippen molar-refractivity contribution >= 4 is 0 Å². The van der Waals surface area contributed by atoms with Gasteiger partial charge in [0.2, 0.25) is 0 Å². The van der Waals surface area contributed by atoms with Gasteiger partial charge in [-0.05, 0) is 12.1 Å². The molecule has 1 aromatic carbocycles. The predicted octanol–water partition coefficient (Wildman–Crippen LogP) is 1.23. The highest BCUT2D eigenvalue weighted by Gasteiger charge is 2.27. The predicted molar refractivity (Wildman–Crippen MR) is 45.4 cm³/mol. The Hall–Kier alpha value is -1.29. The number of halogens is 1. The Balaban J connectivity index is 2.59. The second-order valence-electron chi connectivity index (χ2n) is 2.91. The summed E-state index contributed by atoms with van der Waals surface area (Å²) in [6, 6.07) is 2.49. The fourth-order valence-electron chi connectivity index (χ4n) is 1.47. The van der Waals surface area contributed by atoms with E-state index in [1.54, 1.807) is 0 Å². The Labute approximate surface area is 75.3 Å². The minimum absolute atomic E-state index is 0.312. The number of nitrogens with two attached hydrogens (primary N) is 1. The van der Waals surface area contributed by atoms with Crippen LogP contribution < -0.4 is 15.2 Å². The highest BCUT2D eigenvalue weighted by Crippen LogP contribution is 2.40. The van der Waals surface area contributed by atoms with Crippen molar-refractivity contribution in [3.8, 4) is 11.5 Å². The summed E-state index contributed by atoms with van der Waals surface area (Å²) >= 11 is 0. The van der Waals surface area contributed by atoms with Gasteiger partial charge in [-0.2, -0.15) is 0 Å². The molecule has 0 saturated carbocycles. The van der Waals surface area contributed by atoms with Crippen LogP contribution in [0.4, 0.5) is 4.39 Å². The van der Waals surface area contributed by atoms with Crippen molar-refractivity contribution in [1.29, 1.82) is 0 Å². The van der Waals surface area contributed by atoms with E-state index >= 15 is 0 Å². The van der Waals surface area contributed by atoms with Crippen molar-refractivity contribution in [2.24, 2.45) is 5.73 Å². The number of rotatable bonds is 1. The molecule has 0 bridgehead atoms. The van der Waals surface area contributed by atoms with Gasteiger partial charge in [-0.1, -0.05) is 0 Å². The zero-order chi connectivity index (χ0) is 9.42. The van der Waals surface area contributed by atoms with Crippen molar-refractivity contribution in [3.05, 3.63) is 23.5 Å². The lowest BCUT2D eigenvalue weighted by Crippen LogP contribution is -2.11. The molecule has 0 amide bonds. The number of hydrogen-bond acceptors (Lipinski definition) is 3. The lowest BCUT2D eigenvalue weighted by Gasteiger charge is -2.06. The molecule has 0 radical (unpaired) electrons. The Morgan fingerprint density at radius 2 is 2.38 bits per heavy atom. The lowest BCUT2D eigenvalue weighted by molar-refractivity contribution is 0.311. The van der Waals surface area contributed by atoms with Crippen LogP contribution in [-0.2, 0) is 0 Å². The summed E-state index contributed by atoms with van der Waals surface area (Å²) in [5, 5.41) is 0. The van der Waals surface area contributed by atoms with E-state index in [4.69, 9.17) is 15.2 Å². The van der Waals surface area contributed by atoms with Crippen LogP contribution >= 0.6 is 0 Å². The van der Waals surface area contributed by atoms with E-state index in [0.29, 0.717) is 23.7 Å². The van der Waals surface area contributed by atoms with Crippen LogP contribution in [0.15, 0.2) is 12.1 Å². The van der Waals surface area contributed by atoms with Crippen LogP contribution in [-0.4, -0.2) is 13.7 Å². The minimum atomic E-state index is -0.384. The minimum Gasteiger partial charge on any atom is -0.493 e. The first-order valence-electron chi connectivity index (χ1n) is 3.99. The normalized spacial score (nSPS) is 19.5. The first-order chi connectivity index (χ1) is 6.24. The lowest BCUT2D eigenvalue weighted by atomic mass is 10.1. The summed E-state index contributed by atoms with van der Waals surface area (Å²) in [6.07, 6.45) is 0. The molecule has 70 valence electrons. The molecule has 0 aromatic heterocycles. The van der Waals surface area contributed by atoms with Gasteiger partial charge in [-0.25, -0.2) is 4.39 Å². The van der Waals surface area contributed by atoms with Crippen molar-refractivity contribution in [2.75, 3.05) is 13.7 Å². The second-order valence-corrected chi connectivity index (χ2v) is 2.91. The van der Waals surface area contributed by atoms with Crippen LogP contribution in [0, 0.1) is 5.82 Å². The van der Waals surface area contributed by atoms with E-state index < -0.39 is 0 Å². The zero-order valence-electron chi connectivity index (χ0n) is 7.21. The average Bonchev–Trinajstić information content (AvgIpc) is 2.50. The van der Waals surface area contributed by atoms with Gasteiger partial charge >= 0.3 is 0 Å². The van der Waals surface area contributed by atoms with Gasteiger partial charge in [0.15, 0.2) is 11.5 Å². The topological polar surface area (TPSA) is 44.5 Å². The molecule has 2 rings (SSSR count). The Kier molecular flexibility index (Phi) is 1.84. The molecule has 3 nitrogen and oxygen atoms in total. The second kappa shape index (κ2) is 2.88. The molecule has 13 heavy (non-hydrogen) atoms. The Bertz CT molecular complexity index is 341. The number of benzene rings is 1. The third kappa shape index (κ3) is 1.14. The third-order valence-corrected chi connectivity index (χ3v) is 2.10. The standard InChI is InChI=1S/C9H10FNO2/c1-12-7-3-2-5(10)8-6(11)4-13-9(7)8/h2-3,6H,4,11H2,1H3. The van der Waals surface area contributed by atoms with Crippen molar-refractivity contribution in [3.63, 3.8) is 0 Å². The average molecular weight is 183 g/mol. The number of hydrogen-bond donors (Lipinski definition) is 1. The summed E-state index contributed by atoms with van der Waals surface area (Å²) in [7, 11) is 1.51. The largest absolute Gasteiger partial charge is 0.493 e. The first kappa shape index (κ1) is 8.31. The van der Waals surface area contributed by atoms with E-state index in [0.717, 1.165) is 0 Å². The van der Waals surface area contributed by atoms with Crippen molar-refractivity contribution in [2.45, 2.75) is 6.04 Å². The molecule has 1 aromatic rings. The van der Waals surface area contributed by atoms with Gasteiger partial charge in [-0.3, -0.25) is 0 Å². The van der Waals surface area contributed by atoms with Gasteiger partial charge in [-0.15, -0.1) is 0 Å². The van der Waals surface area contributed by atoms with E-state index in [9.17, 15) is 4.39 Å². The molecular formula is C9H10FNO2. The molecule has 1 aliphatic rings. The van der Waals surface area contributed by atoms with Gasteiger partial charge in [0.25, 0.3) is 0 Å². The van der Waals surface area contributed by atoms with Crippen LogP contribution in [0.25, 0.3) is 0 Å². The fourth-order valence-corrected chi connectivity index (χ4v) is 1.47. The van der Waals surface area contributed by atoms with Gasteiger partial charge in [0.1, 0.15) is 12.4 Å². The van der Waals surface area contributed by atoms with Crippen molar-refractivity contribution in [1.82, 2.24) is 0 Å². The molecule has 1 aliphatic heterocycles.